The van der Waals surface area contributed by atoms with E-state index < -0.39 is 11.8 Å². The molecule has 0 amide bonds. The Labute approximate surface area is 162 Å². The molecule has 1 aromatic heterocycles. The maximum absolute atomic E-state index is 14.7. The number of unbranched alkanes of at least 4 members (excludes halogenated alkanes) is 1. The van der Waals surface area contributed by atoms with E-state index in [1.807, 2.05) is 12.1 Å². The predicted molar refractivity (Wildman–Crippen MR) is 105 cm³/mol. The molecule has 6 heteroatoms. The van der Waals surface area contributed by atoms with Gasteiger partial charge in [-0.3, -0.25) is 4.98 Å². The highest BCUT2D eigenvalue weighted by molar-refractivity contribution is 5.89. The number of methoxy groups -OCH3 is 1. The third kappa shape index (κ3) is 4.17. The highest BCUT2D eigenvalue weighted by atomic mass is 19.1. The molecule has 0 unspecified atom stereocenters. The number of benzene rings is 2. The molecule has 0 aliphatic heterocycles. The van der Waals surface area contributed by atoms with Crippen LogP contribution >= 0.6 is 0 Å². The molecule has 1 N–H and O–H groups in total. The van der Waals surface area contributed by atoms with E-state index in [9.17, 15) is 9.18 Å². The van der Waals surface area contributed by atoms with E-state index in [1.165, 1.54) is 12.1 Å². The summed E-state index contributed by atoms with van der Waals surface area (Å²) >= 11 is 0. The number of aryl methyl sites for hydroxylation is 1. The minimum absolute atomic E-state index is 0.109. The minimum atomic E-state index is -1.18. The van der Waals surface area contributed by atoms with E-state index in [0.29, 0.717) is 17.1 Å². The zero-order chi connectivity index (χ0) is 20.1. The van der Waals surface area contributed by atoms with Gasteiger partial charge in [-0.25, -0.2) is 14.2 Å². The summed E-state index contributed by atoms with van der Waals surface area (Å²) in [7, 11) is 1.59. The lowest BCUT2D eigenvalue weighted by atomic mass is 10.0. The van der Waals surface area contributed by atoms with E-state index >= 15 is 0 Å². The van der Waals surface area contributed by atoms with Crippen molar-refractivity contribution in [1.82, 2.24) is 9.97 Å². The molecule has 0 atom stereocenters. The molecule has 0 saturated carbocycles. The first-order valence-corrected chi connectivity index (χ1v) is 9.07. The zero-order valence-corrected chi connectivity index (χ0v) is 15.8. The van der Waals surface area contributed by atoms with E-state index in [-0.39, 0.29) is 11.1 Å². The fraction of sp³-hybridized carbons (Fsp3) is 0.227. The predicted octanol–water partition coefficient (Wildman–Crippen LogP) is 5.00. The van der Waals surface area contributed by atoms with E-state index in [1.54, 1.807) is 25.4 Å². The van der Waals surface area contributed by atoms with Gasteiger partial charge in [-0.2, -0.15) is 0 Å². The number of halogens is 1. The number of carbonyl (C=O) groups is 1. The lowest BCUT2D eigenvalue weighted by Crippen LogP contribution is -2.02. The summed E-state index contributed by atoms with van der Waals surface area (Å²) in [4.78, 5) is 20.3. The standard InChI is InChI=1S/C22H21FN2O3/c1-3-4-5-16-13-24-20(14-6-9-17(28-2)10-7-14)21(25-16)18-11-8-15(22(26)27)12-19(18)23/h6-13H,3-5H2,1-2H3,(H,26,27). The normalized spacial score (nSPS) is 10.7. The van der Waals surface area contributed by atoms with Gasteiger partial charge in [0, 0.05) is 17.3 Å². The smallest absolute Gasteiger partial charge is 0.335 e. The molecule has 0 saturated heterocycles. The molecule has 0 bridgehead atoms. The second-order valence-electron chi connectivity index (χ2n) is 6.39. The van der Waals surface area contributed by atoms with Gasteiger partial charge in [-0.15, -0.1) is 0 Å². The van der Waals surface area contributed by atoms with E-state index in [0.717, 1.165) is 36.6 Å². The van der Waals surface area contributed by atoms with Crippen molar-refractivity contribution in [1.29, 1.82) is 0 Å². The number of carboxylic acids is 1. The number of ether oxygens (including phenoxy) is 1. The summed E-state index contributed by atoms with van der Waals surface area (Å²) in [6.07, 6.45) is 4.42. The Kier molecular flexibility index (Phi) is 5.99. The summed E-state index contributed by atoms with van der Waals surface area (Å²) in [5, 5.41) is 9.09. The van der Waals surface area contributed by atoms with Crippen LogP contribution in [-0.2, 0) is 6.42 Å². The molecular formula is C22H21FN2O3. The lowest BCUT2D eigenvalue weighted by molar-refractivity contribution is 0.0696. The van der Waals surface area contributed by atoms with Crippen molar-refractivity contribution in [2.24, 2.45) is 0 Å². The Morgan fingerprint density at radius 2 is 1.89 bits per heavy atom. The summed E-state index contributed by atoms with van der Waals surface area (Å²) in [6, 6.07) is 11.1. The Morgan fingerprint density at radius 1 is 1.14 bits per heavy atom. The minimum Gasteiger partial charge on any atom is -0.497 e. The van der Waals surface area contributed by atoms with Gasteiger partial charge in [0.15, 0.2) is 0 Å². The van der Waals surface area contributed by atoms with Gasteiger partial charge >= 0.3 is 5.97 Å². The molecule has 0 fully saturated rings. The number of aromatic carboxylic acids is 1. The van der Waals surface area contributed by atoms with Crippen LogP contribution in [0, 0.1) is 5.82 Å². The number of carboxylic acid groups (broad SMARTS) is 1. The quantitative estimate of drug-likeness (QED) is 0.624. The molecule has 1 heterocycles. The maximum Gasteiger partial charge on any atom is 0.335 e. The fourth-order valence-corrected chi connectivity index (χ4v) is 2.89. The first kappa shape index (κ1) is 19.5. The van der Waals surface area contributed by atoms with Crippen molar-refractivity contribution in [3.05, 3.63) is 65.7 Å². The van der Waals surface area contributed by atoms with Crippen molar-refractivity contribution in [2.45, 2.75) is 26.2 Å². The highest BCUT2D eigenvalue weighted by Crippen LogP contribution is 2.32. The van der Waals surface area contributed by atoms with Gasteiger partial charge in [0.1, 0.15) is 11.6 Å². The van der Waals surface area contributed by atoms with Crippen molar-refractivity contribution in [2.75, 3.05) is 7.11 Å². The molecular weight excluding hydrogens is 359 g/mol. The largest absolute Gasteiger partial charge is 0.497 e. The topological polar surface area (TPSA) is 72.3 Å². The number of nitrogens with zero attached hydrogens (tertiary/aromatic N) is 2. The number of aromatic nitrogens is 2. The highest BCUT2D eigenvalue weighted by Gasteiger charge is 2.17. The third-order valence-corrected chi connectivity index (χ3v) is 4.44. The lowest BCUT2D eigenvalue weighted by Gasteiger charge is -2.12. The molecule has 144 valence electrons. The first-order chi connectivity index (χ1) is 13.5. The van der Waals surface area contributed by atoms with Gasteiger partial charge < -0.3 is 9.84 Å². The van der Waals surface area contributed by atoms with E-state index in [4.69, 9.17) is 9.84 Å². The Hall–Kier alpha value is -3.28. The van der Waals surface area contributed by atoms with Crippen LogP contribution in [0.25, 0.3) is 22.5 Å². The van der Waals surface area contributed by atoms with E-state index in [2.05, 4.69) is 16.9 Å². The van der Waals surface area contributed by atoms with Gasteiger partial charge in [0.2, 0.25) is 0 Å². The van der Waals surface area contributed by atoms with Gasteiger partial charge in [-0.1, -0.05) is 13.3 Å². The first-order valence-electron chi connectivity index (χ1n) is 9.07. The van der Waals surface area contributed by atoms with Gasteiger partial charge in [0.25, 0.3) is 0 Å². The molecule has 0 spiro atoms. The second kappa shape index (κ2) is 8.61. The van der Waals surface area contributed by atoms with Crippen molar-refractivity contribution in [3.63, 3.8) is 0 Å². The number of rotatable bonds is 7. The van der Waals surface area contributed by atoms with Gasteiger partial charge in [-0.05, 0) is 55.3 Å². The molecule has 28 heavy (non-hydrogen) atoms. The Bertz CT molecular complexity index is 988. The monoisotopic (exact) mass is 380 g/mol. The number of hydrogen-bond acceptors (Lipinski definition) is 4. The Morgan fingerprint density at radius 3 is 2.50 bits per heavy atom. The van der Waals surface area contributed by atoms with Crippen LogP contribution in [0.2, 0.25) is 0 Å². The average Bonchev–Trinajstić information content (AvgIpc) is 2.72. The molecule has 5 nitrogen and oxygen atoms in total. The average molecular weight is 380 g/mol. The third-order valence-electron chi connectivity index (χ3n) is 4.44. The summed E-state index contributed by atoms with van der Waals surface area (Å²) in [5.74, 6) is -1.12. The molecule has 3 aromatic rings. The SMILES string of the molecule is CCCCc1cnc(-c2ccc(OC)cc2)c(-c2ccc(C(=O)O)cc2F)n1. The summed E-state index contributed by atoms with van der Waals surface area (Å²) in [5.41, 5.74) is 2.59. The summed E-state index contributed by atoms with van der Waals surface area (Å²) < 4.78 is 19.9. The maximum atomic E-state index is 14.7. The van der Waals surface area contributed by atoms with Crippen LogP contribution in [0.4, 0.5) is 4.39 Å². The van der Waals surface area contributed by atoms with Crippen molar-refractivity contribution in [3.8, 4) is 28.3 Å². The van der Waals surface area contributed by atoms with Crippen LogP contribution in [0.1, 0.15) is 35.8 Å². The van der Waals surface area contributed by atoms with Crippen molar-refractivity contribution >= 4 is 5.97 Å². The zero-order valence-electron chi connectivity index (χ0n) is 15.8. The second-order valence-corrected chi connectivity index (χ2v) is 6.39. The molecule has 0 aliphatic carbocycles. The van der Waals surface area contributed by atoms with Crippen LogP contribution in [-0.4, -0.2) is 28.2 Å². The van der Waals surface area contributed by atoms with Crippen LogP contribution < -0.4 is 4.74 Å². The van der Waals surface area contributed by atoms with Crippen LogP contribution in [0.3, 0.4) is 0 Å². The molecule has 0 radical (unpaired) electrons. The summed E-state index contributed by atoms with van der Waals surface area (Å²) in [6.45, 7) is 2.09. The van der Waals surface area contributed by atoms with Crippen molar-refractivity contribution < 1.29 is 19.0 Å². The number of hydrogen-bond donors (Lipinski definition) is 1. The molecule has 2 aromatic carbocycles. The molecule has 3 rings (SSSR count). The fourth-order valence-electron chi connectivity index (χ4n) is 2.89. The van der Waals surface area contributed by atoms with Crippen LogP contribution in [0.15, 0.2) is 48.7 Å². The van der Waals surface area contributed by atoms with Gasteiger partial charge in [0.05, 0.1) is 29.8 Å². The van der Waals surface area contributed by atoms with Crippen LogP contribution in [0.5, 0.6) is 5.75 Å². The Balaban J connectivity index is 2.13. The molecule has 0 aliphatic rings.